The largest absolute Gasteiger partial charge is 0.489 e. The van der Waals surface area contributed by atoms with E-state index < -0.39 is 29.1 Å². The van der Waals surface area contributed by atoms with Crippen LogP contribution in [-0.4, -0.2) is 23.7 Å². The fourth-order valence-electron chi connectivity index (χ4n) is 5.31. The highest BCUT2D eigenvalue weighted by atomic mass is 19.1. The number of para-hydroxylation sites is 1. The molecule has 0 bridgehead atoms. The summed E-state index contributed by atoms with van der Waals surface area (Å²) in [6.45, 7) is 4.21. The maximum absolute atomic E-state index is 15.5. The molecular formula is C30H27F2NO3. The molecule has 0 radical (unpaired) electrons. The lowest BCUT2D eigenvalue weighted by molar-refractivity contribution is 0.0686. The molecule has 4 aromatic rings. The van der Waals surface area contributed by atoms with Crippen molar-refractivity contribution in [3.8, 4) is 5.75 Å². The summed E-state index contributed by atoms with van der Waals surface area (Å²) >= 11 is 0. The van der Waals surface area contributed by atoms with Crippen LogP contribution in [0.2, 0.25) is 0 Å². The lowest BCUT2D eigenvalue weighted by atomic mass is 9.81. The number of nitrogens with one attached hydrogen (secondary N) is 1. The minimum atomic E-state index is -1.62. The van der Waals surface area contributed by atoms with Gasteiger partial charge < -0.3 is 15.2 Å². The number of rotatable bonds is 6. The van der Waals surface area contributed by atoms with E-state index in [1.165, 1.54) is 16.3 Å². The van der Waals surface area contributed by atoms with Crippen LogP contribution >= 0.6 is 0 Å². The molecule has 36 heavy (non-hydrogen) atoms. The van der Waals surface area contributed by atoms with Crippen molar-refractivity contribution in [3.05, 3.63) is 112 Å². The molecule has 4 aromatic carbocycles. The molecule has 5 rings (SSSR count). The summed E-state index contributed by atoms with van der Waals surface area (Å²) in [5.41, 5.74) is 1.61. The molecule has 0 saturated carbocycles. The van der Waals surface area contributed by atoms with Gasteiger partial charge >= 0.3 is 5.97 Å². The molecule has 3 atom stereocenters. The fraction of sp³-hybridized carbons (Fsp3) is 0.233. The summed E-state index contributed by atoms with van der Waals surface area (Å²) in [7, 11) is 0. The van der Waals surface area contributed by atoms with Gasteiger partial charge in [-0.2, -0.15) is 0 Å². The van der Waals surface area contributed by atoms with Gasteiger partial charge in [-0.15, -0.1) is 0 Å². The van der Waals surface area contributed by atoms with Crippen molar-refractivity contribution in [1.29, 1.82) is 0 Å². The van der Waals surface area contributed by atoms with Crippen molar-refractivity contribution in [2.45, 2.75) is 38.3 Å². The smallest absolute Gasteiger partial charge is 0.341 e. The van der Waals surface area contributed by atoms with E-state index in [9.17, 15) is 14.3 Å². The molecule has 0 unspecified atom stereocenters. The minimum Gasteiger partial charge on any atom is -0.489 e. The van der Waals surface area contributed by atoms with Gasteiger partial charge in [-0.1, -0.05) is 60.7 Å². The molecule has 4 nitrogen and oxygen atoms in total. The van der Waals surface area contributed by atoms with Crippen LogP contribution in [0.4, 0.5) is 8.78 Å². The lowest BCUT2D eigenvalue weighted by Gasteiger charge is -2.34. The molecule has 0 spiro atoms. The number of aromatic carboxylic acids is 1. The third kappa shape index (κ3) is 4.33. The molecule has 0 amide bonds. The number of hydrogen-bond donors (Lipinski definition) is 2. The van der Waals surface area contributed by atoms with Crippen molar-refractivity contribution < 1.29 is 23.4 Å². The summed E-state index contributed by atoms with van der Waals surface area (Å²) < 4.78 is 36.0. The molecule has 2 N–H and O–H groups in total. The van der Waals surface area contributed by atoms with Crippen LogP contribution in [0, 0.1) is 18.6 Å². The zero-order valence-electron chi connectivity index (χ0n) is 20.1. The van der Waals surface area contributed by atoms with Gasteiger partial charge in [0.1, 0.15) is 29.1 Å². The number of carboxylic acids is 1. The second kappa shape index (κ2) is 9.70. The Kier molecular flexibility index (Phi) is 6.46. The van der Waals surface area contributed by atoms with E-state index >= 15 is 4.39 Å². The van der Waals surface area contributed by atoms with Crippen LogP contribution in [0.5, 0.6) is 5.75 Å². The Morgan fingerprint density at radius 2 is 1.81 bits per heavy atom. The van der Waals surface area contributed by atoms with E-state index in [2.05, 4.69) is 36.5 Å². The van der Waals surface area contributed by atoms with Gasteiger partial charge in [0.25, 0.3) is 0 Å². The first-order chi connectivity index (χ1) is 17.3. The zero-order chi connectivity index (χ0) is 25.4. The Labute approximate surface area is 208 Å². The molecule has 6 heteroatoms. The number of halogens is 2. The molecular weight excluding hydrogens is 460 g/mol. The number of aryl methyl sites for hydroxylation is 1. The monoisotopic (exact) mass is 487 g/mol. The highest BCUT2D eigenvalue weighted by Crippen LogP contribution is 2.43. The van der Waals surface area contributed by atoms with Crippen LogP contribution in [0.1, 0.15) is 57.9 Å². The molecule has 0 aromatic heterocycles. The molecule has 0 saturated heterocycles. The Morgan fingerprint density at radius 1 is 1.08 bits per heavy atom. The Morgan fingerprint density at radius 3 is 2.61 bits per heavy atom. The van der Waals surface area contributed by atoms with E-state index in [4.69, 9.17) is 4.74 Å². The van der Waals surface area contributed by atoms with Gasteiger partial charge in [-0.3, -0.25) is 0 Å². The third-order valence-corrected chi connectivity index (χ3v) is 7.05. The summed E-state index contributed by atoms with van der Waals surface area (Å²) in [6.07, 6.45) is 0.133. The summed E-state index contributed by atoms with van der Waals surface area (Å²) in [5, 5.41) is 15.3. The van der Waals surface area contributed by atoms with E-state index in [-0.39, 0.29) is 17.7 Å². The van der Waals surface area contributed by atoms with E-state index in [0.29, 0.717) is 24.3 Å². The first-order valence-corrected chi connectivity index (χ1v) is 12.0. The SMILES string of the molecule is Cc1cc(F)c(C(=O)O)c(F)c1[C@@H]1C[C@H](CN[C@H](C)c2cccc3ccccc23)Oc2ccccc21. The van der Waals surface area contributed by atoms with Crippen molar-refractivity contribution in [3.63, 3.8) is 0 Å². The molecule has 1 heterocycles. The normalized spacial score (nSPS) is 17.9. The summed E-state index contributed by atoms with van der Waals surface area (Å²) in [6, 6.07) is 23.0. The van der Waals surface area contributed by atoms with Crippen LogP contribution in [-0.2, 0) is 0 Å². The molecule has 1 aliphatic rings. The zero-order valence-corrected chi connectivity index (χ0v) is 20.1. The second-order valence-electron chi connectivity index (χ2n) is 9.35. The van der Waals surface area contributed by atoms with Crippen LogP contribution in [0.3, 0.4) is 0 Å². The first kappa shape index (κ1) is 23.9. The lowest BCUT2D eigenvalue weighted by Crippen LogP contribution is -2.37. The predicted octanol–water partition coefficient (Wildman–Crippen LogP) is 6.76. The van der Waals surface area contributed by atoms with Crippen molar-refractivity contribution in [2.24, 2.45) is 0 Å². The fourth-order valence-corrected chi connectivity index (χ4v) is 5.31. The number of hydrogen-bond acceptors (Lipinski definition) is 3. The van der Waals surface area contributed by atoms with Gasteiger partial charge in [-0.05, 0) is 59.9 Å². The Balaban J connectivity index is 1.45. The van der Waals surface area contributed by atoms with Gasteiger partial charge in [0.15, 0.2) is 0 Å². The van der Waals surface area contributed by atoms with Gasteiger partial charge in [0.2, 0.25) is 0 Å². The second-order valence-corrected chi connectivity index (χ2v) is 9.35. The van der Waals surface area contributed by atoms with Gasteiger partial charge in [-0.25, -0.2) is 13.6 Å². The maximum Gasteiger partial charge on any atom is 0.341 e. The highest BCUT2D eigenvalue weighted by molar-refractivity contribution is 5.89. The van der Waals surface area contributed by atoms with E-state index in [1.807, 2.05) is 42.5 Å². The predicted molar refractivity (Wildman–Crippen MR) is 136 cm³/mol. The number of benzene rings is 4. The van der Waals surface area contributed by atoms with Crippen molar-refractivity contribution in [2.75, 3.05) is 6.54 Å². The van der Waals surface area contributed by atoms with E-state index in [1.54, 1.807) is 6.92 Å². The highest BCUT2D eigenvalue weighted by Gasteiger charge is 2.34. The van der Waals surface area contributed by atoms with Crippen LogP contribution < -0.4 is 10.1 Å². The average Bonchev–Trinajstić information content (AvgIpc) is 2.86. The molecule has 0 fully saturated rings. The number of carboxylic acid groups (broad SMARTS) is 1. The van der Waals surface area contributed by atoms with Crippen LogP contribution in [0.25, 0.3) is 10.8 Å². The van der Waals surface area contributed by atoms with E-state index in [0.717, 1.165) is 11.6 Å². The Bertz CT molecular complexity index is 1450. The first-order valence-electron chi connectivity index (χ1n) is 12.0. The number of ether oxygens (including phenoxy) is 1. The van der Waals surface area contributed by atoms with Crippen LogP contribution in [0.15, 0.2) is 72.8 Å². The average molecular weight is 488 g/mol. The molecule has 0 aliphatic carbocycles. The Hall–Kier alpha value is -3.77. The summed E-state index contributed by atoms with van der Waals surface area (Å²) in [4.78, 5) is 11.6. The molecule has 1 aliphatic heterocycles. The standard InChI is InChI=1S/C30H27F2NO3/c1-17-14-25(31)28(30(34)35)29(32)27(17)24-15-20(36-26-13-6-5-11-23(24)26)16-33-18(2)21-12-7-9-19-8-3-4-10-22(19)21/h3-14,18,20,24,33H,15-16H2,1-2H3,(H,34,35)/t18-,20-,24-/m1/s1. The van der Waals surface area contributed by atoms with Gasteiger partial charge in [0.05, 0.1) is 0 Å². The quantitative estimate of drug-likeness (QED) is 0.316. The maximum atomic E-state index is 15.5. The molecule has 184 valence electrons. The number of carbonyl (C=O) groups is 1. The number of fused-ring (bicyclic) bond motifs is 2. The topological polar surface area (TPSA) is 58.6 Å². The third-order valence-electron chi connectivity index (χ3n) is 7.05. The minimum absolute atomic E-state index is 0.0400. The van der Waals surface area contributed by atoms with Crippen molar-refractivity contribution in [1.82, 2.24) is 5.32 Å². The van der Waals surface area contributed by atoms with Crippen molar-refractivity contribution >= 4 is 16.7 Å². The van der Waals surface area contributed by atoms with Gasteiger partial charge in [0, 0.05) is 24.1 Å². The summed E-state index contributed by atoms with van der Waals surface area (Å²) in [5.74, 6) is -3.54.